The minimum Gasteiger partial charge on any atom is -0.462 e. The van der Waals surface area contributed by atoms with E-state index in [2.05, 4.69) is 24.8 Å². The summed E-state index contributed by atoms with van der Waals surface area (Å²) in [6.07, 6.45) is 6.18. The standard InChI is InChI=1S/C18H23N5O2/c1-3-25-18(24)15-5-6-16(20-12-15)22-7-4-8-23(10-9-22)17-13-19-11-14(2)21-17/h5-6,11-13H,3-4,7-10H2,1-2H3. The molecular weight excluding hydrogens is 318 g/mol. The molecule has 0 unspecified atom stereocenters. The number of pyridine rings is 1. The van der Waals surface area contributed by atoms with Crippen LogP contribution in [0.15, 0.2) is 30.7 Å². The summed E-state index contributed by atoms with van der Waals surface area (Å²) < 4.78 is 4.99. The summed E-state index contributed by atoms with van der Waals surface area (Å²) in [4.78, 5) is 29.4. The molecule has 0 N–H and O–H groups in total. The minimum absolute atomic E-state index is 0.332. The van der Waals surface area contributed by atoms with Crippen LogP contribution in [0.2, 0.25) is 0 Å². The van der Waals surface area contributed by atoms with Crippen molar-refractivity contribution in [3.63, 3.8) is 0 Å². The SMILES string of the molecule is CCOC(=O)c1ccc(N2CCCN(c3cncc(C)n3)CC2)nc1. The molecule has 0 atom stereocenters. The molecule has 25 heavy (non-hydrogen) atoms. The molecule has 0 bridgehead atoms. The highest BCUT2D eigenvalue weighted by Gasteiger charge is 2.18. The van der Waals surface area contributed by atoms with Crippen LogP contribution < -0.4 is 9.80 Å². The maximum atomic E-state index is 11.7. The van der Waals surface area contributed by atoms with Gasteiger partial charge in [-0.1, -0.05) is 0 Å². The number of hydrogen-bond acceptors (Lipinski definition) is 7. The molecule has 2 aromatic rings. The zero-order chi connectivity index (χ0) is 17.6. The van der Waals surface area contributed by atoms with Gasteiger partial charge in [-0.15, -0.1) is 0 Å². The summed E-state index contributed by atoms with van der Waals surface area (Å²) in [6.45, 7) is 7.68. The first-order valence-corrected chi connectivity index (χ1v) is 8.59. The van der Waals surface area contributed by atoms with Gasteiger partial charge in [0.2, 0.25) is 0 Å². The summed E-state index contributed by atoms with van der Waals surface area (Å²) in [5.74, 6) is 1.47. The molecule has 3 rings (SSSR count). The van der Waals surface area contributed by atoms with E-state index in [0.717, 1.165) is 49.9 Å². The molecule has 7 nitrogen and oxygen atoms in total. The monoisotopic (exact) mass is 341 g/mol. The van der Waals surface area contributed by atoms with Crippen molar-refractivity contribution >= 4 is 17.6 Å². The summed E-state index contributed by atoms with van der Waals surface area (Å²) in [6, 6.07) is 3.66. The molecule has 3 heterocycles. The Kier molecular flexibility index (Phi) is 5.42. The largest absolute Gasteiger partial charge is 0.462 e. The van der Waals surface area contributed by atoms with Gasteiger partial charge in [0, 0.05) is 38.6 Å². The number of anilines is 2. The Labute approximate surface area is 147 Å². The quantitative estimate of drug-likeness (QED) is 0.788. The number of aromatic nitrogens is 3. The molecule has 1 saturated heterocycles. The highest BCUT2D eigenvalue weighted by Crippen LogP contribution is 2.17. The molecule has 7 heteroatoms. The van der Waals surface area contributed by atoms with E-state index in [4.69, 9.17) is 4.74 Å². The molecule has 1 aliphatic rings. The van der Waals surface area contributed by atoms with E-state index in [1.165, 1.54) is 0 Å². The number of rotatable bonds is 4. The van der Waals surface area contributed by atoms with Crippen LogP contribution in [-0.4, -0.2) is 53.7 Å². The Bertz CT molecular complexity index is 720. The van der Waals surface area contributed by atoms with Crippen LogP contribution >= 0.6 is 0 Å². The third-order valence-electron chi connectivity index (χ3n) is 4.15. The summed E-state index contributed by atoms with van der Waals surface area (Å²) in [5, 5.41) is 0. The van der Waals surface area contributed by atoms with Gasteiger partial charge in [0.15, 0.2) is 0 Å². The number of carbonyl (C=O) groups is 1. The number of carbonyl (C=O) groups excluding carboxylic acids is 1. The maximum absolute atomic E-state index is 11.7. The molecule has 0 radical (unpaired) electrons. The van der Waals surface area contributed by atoms with Crippen LogP contribution in [0, 0.1) is 6.92 Å². The van der Waals surface area contributed by atoms with Gasteiger partial charge in [-0.05, 0) is 32.4 Å². The third kappa shape index (κ3) is 4.23. The zero-order valence-corrected chi connectivity index (χ0v) is 14.7. The van der Waals surface area contributed by atoms with E-state index < -0.39 is 0 Å². The van der Waals surface area contributed by atoms with Gasteiger partial charge in [0.25, 0.3) is 0 Å². The molecule has 0 aromatic carbocycles. The second-order valence-electron chi connectivity index (χ2n) is 5.97. The molecule has 0 aliphatic carbocycles. The average molecular weight is 341 g/mol. The Hall–Kier alpha value is -2.70. The minimum atomic E-state index is -0.332. The first-order chi connectivity index (χ1) is 12.2. The van der Waals surface area contributed by atoms with Crippen molar-refractivity contribution in [3.05, 3.63) is 42.0 Å². The molecule has 2 aromatic heterocycles. The fraction of sp³-hybridized carbons (Fsp3) is 0.444. The number of hydrogen-bond donors (Lipinski definition) is 0. The Morgan fingerprint density at radius 1 is 1.08 bits per heavy atom. The van der Waals surface area contributed by atoms with E-state index in [1.54, 1.807) is 25.4 Å². The predicted molar refractivity (Wildman–Crippen MR) is 96.0 cm³/mol. The second kappa shape index (κ2) is 7.92. The van der Waals surface area contributed by atoms with Crippen LogP contribution in [0.1, 0.15) is 29.4 Å². The van der Waals surface area contributed by atoms with Crippen molar-refractivity contribution in [1.29, 1.82) is 0 Å². The lowest BCUT2D eigenvalue weighted by atomic mass is 10.2. The second-order valence-corrected chi connectivity index (χ2v) is 5.97. The van der Waals surface area contributed by atoms with Crippen LogP contribution in [0.5, 0.6) is 0 Å². The highest BCUT2D eigenvalue weighted by atomic mass is 16.5. The first-order valence-electron chi connectivity index (χ1n) is 8.59. The Morgan fingerprint density at radius 3 is 2.48 bits per heavy atom. The molecule has 1 aliphatic heterocycles. The van der Waals surface area contributed by atoms with Crippen molar-refractivity contribution in [3.8, 4) is 0 Å². The van der Waals surface area contributed by atoms with Gasteiger partial charge in [0.1, 0.15) is 11.6 Å². The fourth-order valence-corrected chi connectivity index (χ4v) is 2.89. The zero-order valence-electron chi connectivity index (χ0n) is 14.7. The summed E-state index contributed by atoms with van der Waals surface area (Å²) in [5.41, 5.74) is 1.41. The van der Waals surface area contributed by atoms with Gasteiger partial charge in [-0.3, -0.25) is 4.98 Å². The lowest BCUT2D eigenvalue weighted by molar-refractivity contribution is 0.0526. The average Bonchev–Trinajstić information content (AvgIpc) is 2.88. The van der Waals surface area contributed by atoms with Crippen LogP contribution in [0.4, 0.5) is 11.6 Å². The van der Waals surface area contributed by atoms with Crippen molar-refractivity contribution < 1.29 is 9.53 Å². The summed E-state index contributed by atoms with van der Waals surface area (Å²) in [7, 11) is 0. The highest BCUT2D eigenvalue weighted by molar-refractivity contribution is 5.89. The van der Waals surface area contributed by atoms with Crippen molar-refractivity contribution in [1.82, 2.24) is 15.0 Å². The topological polar surface area (TPSA) is 71.5 Å². The molecule has 1 fully saturated rings. The van der Waals surface area contributed by atoms with Crippen molar-refractivity contribution in [2.75, 3.05) is 42.6 Å². The predicted octanol–water partition coefficient (Wildman–Crippen LogP) is 2.07. The van der Waals surface area contributed by atoms with Crippen molar-refractivity contribution in [2.24, 2.45) is 0 Å². The fourth-order valence-electron chi connectivity index (χ4n) is 2.89. The van der Waals surface area contributed by atoms with Crippen LogP contribution in [0.3, 0.4) is 0 Å². The summed E-state index contributed by atoms with van der Waals surface area (Å²) >= 11 is 0. The van der Waals surface area contributed by atoms with E-state index >= 15 is 0 Å². The van der Waals surface area contributed by atoms with Crippen molar-refractivity contribution in [2.45, 2.75) is 20.3 Å². The first kappa shape index (κ1) is 17.1. The number of nitrogens with zero attached hydrogens (tertiary/aromatic N) is 5. The third-order valence-corrected chi connectivity index (χ3v) is 4.15. The smallest absolute Gasteiger partial charge is 0.339 e. The number of esters is 1. The van der Waals surface area contributed by atoms with Gasteiger partial charge in [0.05, 0.1) is 24.1 Å². The van der Waals surface area contributed by atoms with Crippen LogP contribution in [-0.2, 0) is 4.74 Å². The van der Waals surface area contributed by atoms with E-state index in [0.29, 0.717) is 12.2 Å². The van der Waals surface area contributed by atoms with E-state index in [-0.39, 0.29) is 5.97 Å². The molecule has 132 valence electrons. The number of ether oxygens (including phenoxy) is 1. The Balaban J connectivity index is 1.65. The van der Waals surface area contributed by atoms with E-state index in [1.807, 2.05) is 19.2 Å². The number of aryl methyl sites for hydroxylation is 1. The lowest BCUT2D eigenvalue weighted by Crippen LogP contribution is -2.31. The lowest BCUT2D eigenvalue weighted by Gasteiger charge is -2.23. The maximum Gasteiger partial charge on any atom is 0.339 e. The molecule has 0 saturated carbocycles. The molecule has 0 spiro atoms. The van der Waals surface area contributed by atoms with Gasteiger partial charge >= 0.3 is 5.97 Å². The van der Waals surface area contributed by atoms with E-state index in [9.17, 15) is 4.79 Å². The molecular formula is C18H23N5O2. The normalized spacial score (nSPS) is 15.0. The van der Waals surface area contributed by atoms with Gasteiger partial charge < -0.3 is 14.5 Å². The van der Waals surface area contributed by atoms with Gasteiger partial charge in [-0.25, -0.2) is 14.8 Å². The Morgan fingerprint density at radius 2 is 1.84 bits per heavy atom. The van der Waals surface area contributed by atoms with Crippen LogP contribution in [0.25, 0.3) is 0 Å². The molecule has 0 amide bonds. The van der Waals surface area contributed by atoms with Gasteiger partial charge in [-0.2, -0.15) is 0 Å².